The number of rotatable bonds is 8. The van der Waals surface area contributed by atoms with Gasteiger partial charge in [-0.05, 0) is 0 Å². The van der Waals surface area contributed by atoms with Crippen molar-refractivity contribution in [1.82, 2.24) is 0 Å². The van der Waals surface area contributed by atoms with E-state index in [4.69, 9.17) is 18.3 Å². The fourth-order valence-corrected chi connectivity index (χ4v) is 2.87. The van der Waals surface area contributed by atoms with Crippen molar-refractivity contribution in [3.8, 4) is 0 Å². The van der Waals surface area contributed by atoms with Gasteiger partial charge in [0.05, 0.1) is 12.5 Å². The molecule has 0 aliphatic carbocycles. The van der Waals surface area contributed by atoms with Gasteiger partial charge in [-0.15, -0.1) is 0 Å². The Hall–Kier alpha value is -0.783. The highest BCUT2D eigenvalue weighted by molar-refractivity contribution is 6.47. The van der Waals surface area contributed by atoms with E-state index in [1.165, 1.54) is 12.5 Å². The first-order valence-corrected chi connectivity index (χ1v) is 5.85. The highest BCUT2D eigenvalue weighted by Crippen LogP contribution is 2.23. The van der Waals surface area contributed by atoms with Gasteiger partial charge in [0.1, 0.15) is 0 Å². The van der Waals surface area contributed by atoms with Crippen LogP contribution in [-0.4, -0.2) is 28.9 Å². The molecule has 0 rings (SSSR count). The molecule has 0 spiro atoms. The Balaban J connectivity index is 4.76. The number of ether oxygens (including phenoxy) is 2. The molecule has 0 amide bonds. The normalized spacial score (nSPS) is 11.1. The molecular weight excluding hydrogens is 200 g/mol. The summed E-state index contributed by atoms with van der Waals surface area (Å²) in [6.45, 7) is 8.92. The zero-order valence-electron chi connectivity index (χ0n) is 8.99. The van der Waals surface area contributed by atoms with E-state index < -0.39 is 14.7 Å². The lowest BCUT2D eigenvalue weighted by molar-refractivity contribution is -0.132. The molecule has 4 nitrogen and oxygen atoms in total. The second-order valence-corrected chi connectivity index (χ2v) is 5.02. The summed E-state index contributed by atoms with van der Waals surface area (Å²) in [6, 6.07) is 0. The Morgan fingerprint density at radius 2 is 1.57 bits per heavy atom. The molecule has 0 saturated carbocycles. The molecular formula is C9H18O4Si. The van der Waals surface area contributed by atoms with Crippen molar-refractivity contribution in [2.24, 2.45) is 0 Å². The smallest absolute Gasteiger partial charge is 0.416 e. The van der Waals surface area contributed by atoms with Crippen LogP contribution in [0, 0.1) is 0 Å². The average Bonchev–Trinajstić information content (AvgIpc) is 2.20. The minimum absolute atomic E-state index is 0.601. The molecule has 5 heteroatoms. The molecule has 0 heterocycles. The fourth-order valence-electron chi connectivity index (χ4n) is 1.21. The van der Waals surface area contributed by atoms with Gasteiger partial charge in [-0.25, -0.2) is 0 Å². The van der Waals surface area contributed by atoms with Crippen molar-refractivity contribution in [2.75, 3.05) is 14.2 Å². The molecule has 0 unspecified atom stereocenters. The average molecular weight is 218 g/mol. The largest absolute Gasteiger partial charge is 0.459 e. The molecule has 0 bridgehead atoms. The predicted molar refractivity (Wildman–Crippen MR) is 56.8 cm³/mol. The Morgan fingerprint density at radius 1 is 1.14 bits per heavy atom. The van der Waals surface area contributed by atoms with E-state index in [0.29, 0.717) is 6.42 Å². The van der Waals surface area contributed by atoms with E-state index in [2.05, 4.69) is 13.2 Å². The number of hydrogen-bond donors (Lipinski definition) is 0. The summed E-state index contributed by atoms with van der Waals surface area (Å²) < 4.78 is 21.2. The third-order valence-electron chi connectivity index (χ3n) is 1.85. The molecule has 0 N–H and O–H groups in total. The summed E-state index contributed by atoms with van der Waals surface area (Å²) in [4.78, 5) is 0. The van der Waals surface area contributed by atoms with Gasteiger partial charge in [-0.2, -0.15) is 0 Å². The van der Waals surface area contributed by atoms with Gasteiger partial charge in [0.25, 0.3) is 5.41 Å². The van der Waals surface area contributed by atoms with Gasteiger partial charge >= 0.3 is 9.28 Å². The van der Waals surface area contributed by atoms with Crippen LogP contribution < -0.4 is 0 Å². The molecule has 0 aromatic carbocycles. The Morgan fingerprint density at radius 3 is 1.79 bits per heavy atom. The van der Waals surface area contributed by atoms with Crippen LogP contribution in [0.1, 0.15) is 13.3 Å². The second-order valence-electron chi connectivity index (χ2n) is 2.54. The van der Waals surface area contributed by atoms with Crippen molar-refractivity contribution < 1.29 is 18.3 Å². The molecule has 0 aliphatic heterocycles. The molecule has 0 aliphatic rings. The summed E-state index contributed by atoms with van der Waals surface area (Å²) in [6.07, 6.45) is 3.25. The Kier molecular flexibility index (Phi) is 6.27. The second kappa shape index (κ2) is 6.64. The van der Waals surface area contributed by atoms with Crippen LogP contribution in [0.2, 0.25) is 0 Å². The van der Waals surface area contributed by atoms with Crippen LogP contribution in [-0.2, 0) is 18.3 Å². The summed E-state index contributed by atoms with van der Waals surface area (Å²) in [5.41, 5.74) is -0.882. The zero-order chi connectivity index (χ0) is 11.0. The van der Waals surface area contributed by atoms with Gasteiger partial charge in [-0.1, -0.05) is 20.1 Å². The molecule has 0 atom stereocenters. The van der Waals surface area contributed by atoms with E-state index in [9.17, 15) is 0 Å². The third-order valence-corrected chi connectivity index (χ3v) is 4.10. The first-order valence-electron chi connectivity index (χ1n) is 4.33. The number of hydrogen-bond acceptors (Lipinski definition) is 4. The lowest BCUT2D eigenvalue weighted by atomic mass is 10.4. The SMILES string of the molecule is C=COC(CC)(OC=C)[SiH](OC)OC. The Labute approximate surface area is 87.0 Å². The maximum atomic E-state index is 5.35. The minimum atomic E-state index is -2.07. The highest BCUT2D eigenvalue weighted by Gasteiger charge is 2.44. The van der Waals surface area contributed by atoms with Crippen molar-refractivity contribution >= 4 is 9.28 Å². The molecule has 0 fully saturated rings. The monoisotopic (exact) mass is 218 g/mol. The first-order chi connectivity index (χ1) is 6.70. The van der Waals surface area contributed by atoms with Crippen molar-refractivity contribution in [1.29, 1.82) is 0 Å². The fraction of sp³-hybridized carbons (Fsp3) is 0.556. The molecule has 0 aromatic heterocycles. The van der Waals surface area contributed by atoms with Gasteiger partial charge in [-0.3, -0.25) is 0 Å². The van der Waals surface area contributed by atoms with Gasteiger partial charge in [0.2, 0.25) is 0 Å². The predicted octanol–water partition coefficient (Wildman–Crippen LogP) is 1.47. The summed E-state index contributed by atoms with van der Waals surface area (Å²) in [5, 5.41) is 0. The van der Waals surface area contributed by atoms with Gasteiger partial charge in [0, 0.05) is 20.6 Å². The quantitative estimate of drug-likeness (QED) is 0.351. The lowest BCUT2D eigenvalue weighted by Crippen LogP contribution is -2.51. The summed E-state index contributed by atoms with van der Waals surface area (Å²) in [7, 11) is 1.08. The van der Waals surface area contributed by atoms with E-state index in [0.717, 1.165) is 0 Å². The van der Waals surface area contributed by atoms with Crippen molar-refractivity contribution in [2.45, 2.75) is 18.8 Å². The standard InChI is InChI=1S/C9H18O4Si/c1-6-9(12-7-2,13-8-3)14(10-4)11-5/h7-8,14H,2-3,6H2,1,4-5H3. The third kappa shape index (κ3) is 2.86. The van der Waals surface area contributed by atoms with Crippen LogP contribution in [0.25, 0.3) is 0 Å². The van der Waals surface area contributed by atoms with Crippen LogP contribution >= 0.6 is 0 Å². The van der Waals surface area contributed by atoms with Gasteiger partial charge < -0.3 is 18.3 Å². The lowest BCUT2D eigenvalue weighted by Gasteiger charge is -2.34. The van der Waals surface area contributed by atoms with Gasteiger partial charge in [0.15, 0.2) is 0 Å². The minimum Gasteiger partial charge on any atom is -0.459 e. The summed E-state index contributed by atoms with van der Waals surface area (Å²) in [5.74, 6) is 0. The molecule has 0 radical (unpaired) electrons. The summed E-state index contributed by atoms with van der Waals surface area (Å²) >= 11 is 0. The van der Waals surface area contributed by atoms with Crippen LogP contribution in [0.5, 0.6) is 0 Å². The molecule has 0 saturated heterocycles. The highest BCUT2D eigenvalue weighted by atomic mass is 28.3. The van der Waals surface area contributed by atoms with Crippen LogP contribution in [0.3, 0.4) is 0 Å². The zero-order valence-corrected chi connectivity index (χ0v) is 10.1. The van der Waals surface area contributed by atoms with E-state index in [1.54, 1.807) is 14.2 Å². The van der Waals surface area contributed by atoms with E-state index >= 15 is 0 Å². The van der Waals surface area contributed by atoms with E-state index in [1.807, 2.05) is 6.92 Å². The molecule has 0 aromatic rings. The maximum absolute atomic E-state index is 5.35. The first kappa shape index (κ1) is 13.2. The Bertz CT molecular complexity index is 170. The maximum Gasteiger partial charge on any atom is 0.416 e. The topological polar surface area (TPSA) is 36.9 Å². The van der Waals surface area contributed by atoms with Crippen LogP contribution in [0.15, 0.2) is 25.7 Å². The molecule has 82 valence electrons. The van der Waals surface area contributed by atoms with E-state index in [-0.39, 0.29) is 0 Å². The van der Waals surface area contributed by atoms with Crippen molar-refractivity contribution in [3.05, 3.63) is 25.7 Å². The molecule has 14 heavy (non-hydrogen) atoms. The van der Waals surface area contributed by atoms with Crippen LogP contribution in [0.4, 0.5) is 0 Å². The van der Waals surface area contributed by atoms with Crippen molar-refractivity contribution in [3.63, 3.8) is 0 Å².